The van der Waals surface area contributed by atoms with Crippen LogP contribution in [0.4, 0.5) is 10.9 Å². The van der Waals surface area contributed by atoms with Crippen LogP contribution in [0.1, 0.15) is 22.2 Å². The topological polar surface area (TPSA) is 71.2 Å². The van der Waals surface area contributed by atoms with Crippen LogP contribution in [0.3, 0.4) is 0 Å². The van der Waals surface area contributed by atoms with Crippen LogP contribution in [0.5, 0.6) is 0 Å². The van der Waals surface area contributed by atoms with Gasteiger partial charge in [0, 0.05) is 25.2 Å². The molecule has 1 aromatic carbocycles. The Morgan fingerprint density at radius 1 is 1.52 bits per heavy atom. The molecule has 5 nitrogen and oxygen atoms in total. The molecule has 0 saturated heterocycles. The van der Waals surface area contributed by atoms with Gasteiger partial charge in [0.05, 0.1) is 0 Å². The number of nitrogens with zero attached hydrogens (tertiary/aromatic N) is 2. The van der Waals surface area contributed by atoms with Crippen molar-refractivity contribution >= 4 is 39.8 Å². The number of carbonyl (C=O) groups is 1. The molecule has 112 valence electrons. The van der Waals surface area contributed by atoms with Crippen LogP contribution < -0.4 is 16.0 Å². The third kappa shape index (κ3) is 3.86. The van der Waals surface area contributed by atoms with E-state index in [1.54, 1.807) is 6.07 Å². The average Bonchev–Trinajstić information content (AvgIpc) is 2.86. The molecule has 1 aromatic heterocycles. The molecule has 0 aliphatic heterocycles. The van der Waals surface area contributed by atoms with E-state index in [-0.39, 0.29) is 11.7 Å². The number of nitrogens with two attached hydrogens (primary N) is 1. The molecule has 0 aliphatic carbocycles. The van der Waals surface area contributed by atoms with Crippen molar-refractivity contribution in [2.45, 2.75) is 13.5 Å². The molecule has 0 radical (unpaired) electrons. The quantitative estimate of drug-likeness (QED) is 0.887. The van der Waals surface area contributed by atoms with Crippen molar-refractivity contribution in [3.8, 4) is 0 Å². The van der Waals surface area contributed by atoms with E-state index in [1.165, 1.54) is 11.3 Å². The molecule has 0 saturated carbocycles. The molecule has 21 heavy (non-hydrogen) atoms. The zero-order valence-corrected chi connectivity index (χ0v) is 13.5. The molecule has 1 heterocycles. The van der Waals surface area contributed by atoms with E-state index in [2.05, 4.69) is 10.3 Å². The standard InChI is InChI=1S/C14H17ClN4OS/c1-3-19(2)14-18-12(16)11(21-14)13(20)17-8-9-5-4-6-10(15)7-9/h4-7H,3,8,16H2,1-2H3,(H,17,20). The number of amides is 1. The summed E-state index contributed by atoms with van der Waals surface area (Å²) in [5.41, 5.74) is 6.75. The summed E-state index contributed by atoms with van der Waals surface area (Å²) < 4.78 is 0. The SMILES string of the molecule is CCN(C)c1nc(N)c(C(=O)NCc2cccc(Cl)c2)s1. The van der Waals surface area contributed by atoms with Crippen molar-refractivity contribution < 1.29 is 4.79 Å². The Kier molecular flexibility index (Phi) is 5.03. The van der Waals surface area contributed by atoms with Gasteiger partial charge in [-0.15, -0.1) is 0 Å². The van der Waals surface area contributed by atoms with Gasteiger partial charge in [0.1, 0.15) is 10.7 Å². The maximum absolute atomic E-state index is 12.2. The Morgan fingerprint density at radius 3 is 2.95 bits per heavy atom. The van der Waals surface area contributed by atoms with Crippen LogP contribution in [-0.4, -0.2) is 24.5 Å². The fourth-order valence-corrected chi connectivity index (χ4v) is 2.83. The second-order valence-electron chi connectivity index (χ2n) is 4.54. The number of anilines is 2. The van der Waals surface area contributed by atoms with Crippen LogP contribution in [0.15, 0.2) is 24.3 Å². The van der Waals surface area contributed by atoms with E-state index in [0.29, 0.717) is 16.4 Å². The summed E-state index contributed by atoms with van der Waals surface area (Å²) in [4.78, 5) is 18.8. The highest BCUT2D eigenvalue weighted by Crippen LogP contribution is 2.27. The van der Waals surface area contributed by atoms with Crippen LogP contribution in [0.2, 0.25) is 5.02 Å². The van der Waals surface area contributed by atoms with Gasteiger partial charge in [0.25, 0.3) is 5.91 Å². The normalized spacial score (nSPS) is 10.4. The largest absolute Gasteiger partial charge is 0.382 e. The Bertz CT molecular complexity index is 644. The van der Waals surface area contributed by atoms with Gasteiger partial charge in [0.15, 0.2) is 5.13 Å². The molecule has 2 aromatic rings. The molecule has 1 amide bonds. The second kappa shape index (κ2) is 6.78. The summed E-state index contributed by atoms with van der Waals surface area (Å²) in [5.74, 6) is 0.0413. The molecule has 7 heteroatoms. The molecular weight excluding hydrogens is 308 g/mol. The van der Waals surface area contributed by atoms with Crippen LogP contribution in [0.25, 0.3) is 0 Å². The monoisotopic (exact) mass is 324 g/mol. The second-order valence-corrected chi connectivity index (χ2v) is 5.95. The Labute approximate surface area is 132 Å². The number of benzene rings is 1. The molecule has 0 spiro atoms. The third-order valence-electron chi connectivity index (χ3n) is 2.99. The fraction of sp³-hybridized carbons (Fsp3) is 0.286. The van der Waals surface area contributed by atoms with Crippen molar-refractivity contribution in [2.75, 3.05) is 24.2 Å². The fourth-order valence-electron chi connectivity index (χ4n) is 1.69. The number of thiazole rings is 1. The zero-order valence-electron chi connectivity index (χ0n) is 11.9. The van der Waals surface area contributed by atoms with Gasteiger partial charge in [-0.1, -0.05) is 35.1 Å². The summed E-state index contributed by atoms with van der Waals surface area (Å²) in [6, 6.07) is 7.35. The van der Waals surface area contributed by atoms with Crippen molar-refractivity contribution in [1.29, 1.82) is 0 Å². The summed E-state index contributed by atoms with van der Waals surface area (Å²) in [6.45, 7) is 3.21. The maximum atomic E-state index is 12.2. The van der Waals surface area contributed by atoms with Crippen molar-refractivity contribution in [1.82, 2.24) is 10.3 Å². The van der Waals surface area contributed by atoms with Gasteiger partial charge in [-0.05, 0) is 24.6 Å². The lowest BCUT2D eigenvalue weighted by molar-refractivity contribution is 0.0955. The Balaban J connectivity index is 2.05. The van der Waals surface area contributed by atoms with E-state index in [9.17, 15) is 4.79 Å². The molecule has 0 bridgehead atoms. The van der Waals surface area contributed by atoms with E-state index < -0.39 is 0 Å². The van der Waals surface area contributed by atoms with Gasteiger partial charge in [-0.2, -0.15) is 0 Å². The van der Waals surface area contributed by atoms with E-state index in [0.717, 1.165) is 17.2 Å². The molecular formula is C14H17ClN4OS. The van der Waals surface area contributed by atoms with Gasteiger partial charge in [-0.25, -0.2) is 4.98 Å². The minimum absolute atomic E-state index is 0.222. The summed E-state index contributed by atoms with van der Waals surface area (Å²) in [5, 5.41) is 4.21. The highest BCUT2D eigenvalue weighted by molar-refractivity contribution is 7.18. The van der Waals surface area contributed by atoms with Crippen molar-refractivity contribution in [2.24, 2.45) is 0 Å². The Morgan fingerprint density at radius 2 is 2.29 bits per heavy atom. The van der Waals surface area contributed by atoms with Gasteiger partial charge in [0.2, 0.25) is 0 Å². The lowest BCUT2D eigenvalue weighted by Crippen LogP contribution is -2.22. The summed E-state index contributed by atoms with van der Waals surface area (Å²) >= 11 is 7.20. The van der Waals surface area contributed by atoms with Crippen LogP contribution in [0, 0.1) is 0 Å². The predicted octanol–water partition coefficient (Wildman–Crippen LogP) is 2.76. The number of nitrogens with one attached hydrogen (secondary N) is 1. The summed E-state index contributed by atoms with van der Waals surface area (Å²) in [7, 11) is 1.91. The maximum Gasteiger partial charge on any atom is 0.265 e. The molecule has 0 fully saturated rings. The van der Waals surface area contributed by atoms with Crippen molar-refractivity contribution in [3.63, 3.8) is 0 Å². The van der Waals surface area contributed by atoms with Gasteiger partial charge in [-0.3, -0.25) is 4.79 Å². The number of nitrogen functional groups attached to an aromatic ring is 1. The minimum Gasteiger partial charge on any atom is -0.382 e. The first-order chi connectivity index (χ1) is 10.0. The number of hydrogen-bond donors (Lipinski definition) is 2. The van der Waals surface area contributed by atoms with Crippen LogP contribution in [-0.2, 0) is 6.54 Å². The lowest BCUT2D eigenvalue weighted by atomic mass is 10.2. The highest BCUT2D eigenvalue weighted by Gasteiger charge is 2.17. The first-order valence-electron chi connectivity index (χ1n) is 6.51. The van der Waals surface area contributed by atoms with E-state index in [1.807, 2.05) is 37.1 Å². The van der Waals surface area contributed by atoms with E-state index >= 15 is 0 Å². The first kappa shape index (κ1) is 15.6. The molecule has 0 atom stereocenters. The van der Waals surface area contributed by atoms with Crippen molar-refractivity contribution in [3.05, 3.63) is 39.7 Å². The average molecular weight is 325 g/mol. The van der Waals surface area contributed by atoms with Crippen LogP contribution >= 0.6 is 22.9 Å². The van der Waals surface area contributed by atoms with E-state index in [4.69, 9.17) is 17.3 Å². The predicted molar refractivity (Wildman–Crippen MR) is 88.1 cm³/mol. The minimum atomic E-state index is -0.222. The molecule has 0 aliphatic rings. The number of aromatic nitrogens is 1. The highest BCUT2D eigenvalue weighted by atomic mass is 35.5. The Hall–Kier alpha value is -1.79. The first-order valence-corrected chi connectivity index (χ1v) is 7.70. The summed E-state index contributed by atoms with van der Waals surface area (Å²) in [6.07, 6.45) is 0. The number of hydrogen-bond acceptors (Lipinski definition) is 5. The number of rotatable bonds is 5. The molecule has 3 N–H and O–H groups in total. The van der Waals surface area contributed by atoms with Gasteiger partial charge >= 0.3 is 0 Å². The zero-order chi connectivity index (χ0) is 15.4. The lowest BCUT2D eigenvalue weighted by Gasteiger charge is -2.10. The third-order valence-corrected chi connectivity index (χ3v) is 4.41. The number of carbonyl (C=O) groups excluding carboxylic acids is 1. The molecule has 0 unspecified atom stereocenters. The molecule has 2 rings (SSSR count). The van der Waals surface area contributed by atoms with Gasteiger partial charge < -0.3 is 16.0 Å². The number of halogens is 1. The smallest absolute Gasteiger partial charge is 0.265 e.